The van der Waals surface area contributed by atoms with Gasteiger partial charge in [0.2, 0.25) is 5.91 Å². The number of carboxylic acid groups (broad SMARTS) is 1. The molecular formula is C23H23FN2O3. The quantitative estimate of drug-likeness (QED) is 0.721. The van der Waals surface area contributed by atoms with Gasteiger partial charge in [-0.25, -0.2) is 4.39 Å². The van der Waals surface area contributed by atoms with Crippen molar-refractivity contribution in [1.82, 2.24) is 9.47 Å². The number of carbonyl (C=O) groups is 2. The Balaban J connectivity index is 1.57. The fourth-order valence-electron chi connectivity index (χ4n) is 4.30. The van der Waals surface area contributed by atoms with Crippen LogP contribution >= 0.6 is 0 Å². The summed E-state index contributed by atoms with van der Waals surface area (Å²) in [5.41, 5.74) is 3.74. The van der Waals surface area contributed by atoms with E-state index in [1.807, 2.05) is 31.3 Å². The summed E-state index contributed by atoms with van der Waals surface area (Å²) >= 11 is 0. The Hall–Kier alpha value is -3.15. The van der Waals surface area contributed by atoms with Crippen LogP contribution < -0.4 is 0 Å². The largest absolute Gasteiger partial charge is 0.481 e. The van der Waals surface area contributed by atoms with Crippen LogP contribution in [0, 0.1) is 5.82 Å². The summed E-state index contributed by atoms with van der Waals surface area (Å²) in [5, 5.41) is 10.3. The van der Waals surface area contributed by atoms with Gasteiger partial charge >= 0.3 is 5.97 Å². The lowest BCUT2D eigenvalue weighted by molar-refractivity contribution is -0.136. The van der Waals surface area contributed by atoms with E-state index in [0.29, 0.717) is 6.54 Å². The number of hydrogen-bond donors (Lipinski definition) is 1. The van der Waals surface area contributed by atoms with E-state index in [1.165, 1.54) is 12.1 Å². The van der Waals surface area contributed by atoms with E-state index in [9.17, 15) is 19.1 Å². The number of aliphatic carboxylic acids is 1. The molecule has 2 heterocycles. The number of carboxylic acids is 1. The third-order valence-corrected chi connectivity index (χ3v) is 5.84. The Morgan fingerprint density at radius 2 is 1.86 bits per heavy atom. The van der Waals surface area contributed by atoms with Gasteiger partial charge in [0.05, 0.1) is 12.8 Å². The number of hydrogen-bond acceptors (Lipinski definition) is 2. The molecule has 1 atom stereocenters. The van der Waals surface area contributed by atoms with E-state index in [4.69, 9.17) is 0 Å². The summed E-state index contributed by atoms with van der Waals surface area (Å²) in [6.07, 6.45) is 1.76. The number of benzene rings is 2. The molecule has 2 aromatic carbocycles. The first kappa shape index (κ1) is 19.2. The van der Waals surface area contributed by atoms with Crippen LogP contribution in [0.4, 0.5) is 4.39 Å². The van der Waals surface area contributed by atoms with Gasteiger partial charge in [-0.2, -0.15) is 0 Å². The fourth-order valence-corrected chi connectivity index (χ4v) is 4.30. The van der Waals surface area contributed by atoms with Gasteiger partial charge in [0, 0.05) is 36.2 Å². The Kier molecular flexibility index (Phi) is 5.09. The zero-order chi connectivity index (χ0) is 20.5. The Bertz CT molecular complexity index is 1070. The number of carbonyl (C=O) groups excluding carboxylic acids is 1. The molecule has 0 spiro atoms. The average Bonchev–Trinajstić information content (AvgIpc) is 3.02. The molecule has 0 aliphatic carbocycles. The van der Waals surface area contributed by atoms with Gasteiger partial charge in [0.1, 0.15) is 5.82 Å². The summed E-state index contributed by atoms with van der Waals surface area (Å²) in [6, 6.07) is 13.9. The first-order valence-electron chi connectivity index (χ1n) is 9.75. The third kappa shape index (κ3) is 3.75. The van der Waals surface area contributed by atoms with Crippen molar-refractivity contribution >= 4 is 22.8 Å². The molecule has 1 aromatic heterocycles. The highest BCUT2D eigenvalue weighted by Gasteiger charge is 2.29. The first-order valence-corrected chi connectivity index (χ1v) is 9.75. The summed E-state index contributed by atoms with van der Waals surface area (Å²) in [4.78, 5) is 25.9. The Morgan fingerprint density at radius 3 is 2.59 bits per heavy atom. The highest BCUT2D eigenvalue weighted by Crippen LogP contribution is 2.32. The molecule has 0 unspecified atom stereocenters. The molecule has 6 heteroatoms. The van der Waals surface area contributed by atoms with Crippen LogP contribution in [0.5, 0.6) is 0 Å². The van der Waals surface area contributed by atoms with Crippen LogP contribution in [0.15, 0.2) is 48.5 Å². The number of aromatic nitrogens is 1. The lowest BCUT2D eigenvalue weighted by atomic mass is 9.99. The lowest BCUT2D eigenvalue weighted by Gasteiger charge is -2.33. The van der Waals surface area contributed by atoms with E-state index in [1.54, 1.807) is 17.0 Å². The molecule has 4 rings (SSSR count). The van der Waals surface area contributed by atoms with Crippen molar-refractivity contribution in [3.63, 3.8) is 0 Å². The summed E-state index contributed by atoms with van der Waals surface area (Å²) < 4.78 is 15.3. The minimum atomic E-state index is -0.835. The minimum absolute atomic E-state index is 0.00680. The van der Waals surface area contributed by atoms with E-state index in [2.05, 4.69) is 4.57 Å². The molecular weight excluding hydrogens is 371 g/mol. The predicted molar refractivity (Wildman–Crippen MR) is 108 cm³/mol. The van der Waals surface area contributed by atoms with Crippen LogP contribution in [-0.2, 0) is 35.4 Å². The monoisotopic (exact) mass is 394 g/mol. The second-order valence-electron chi connectivity index (χ2n) is 7.62. The SMILES string of the molecule is CN(C(=O)Cc1ccc(F)cc1)[C@H]1CCc2c(CC(=O)O)c3ccccc3n2C1. The number of nitrogens with zero attached hydrogens (tertiary/aromatic N) is 2. The van der Waals surface area contributed by atoms with Crippen molar-refractivity contribution in [3.8, 4) is 0 Å². The summed E-state index contributed by atoms with van der Waals surface area (Å²) in [6.45, 7) is 0.640. The van der Waals surface area contributed by atoms with Crippen molar-refractivity contribution in [1.29, 1.82) is 0 Å². The molecule has 1 aliphatic heterocycles. The van der Waals surface area contributed by atoms with Crippen LogP contribution in [0.1, 0.15) is 23.2 Å². The second-order valence-corrected chi connectivity index (χ2v) is 7.62. The van der Waals surface area contributed by atoms with Crippen LogP contribution in [-0.4, -0.2) is 39.5 Å². The van der Waals surface area contributed by atoms with Gasteiger partial charge < -0.3 is 14.6 Å². The molecule has 0 saturated heterocycles. The Morgan fingerprint density at radius 1 is 1.14 bits per heavy atom. The molecule has 1 N–H and O–H groups in total. The van der Waals surface area contributed by atoms with Crippen LogP contribution in [0.2, 0.25) is 0 Å². The number of amides is 1. The van der Waals surface area contributed by atoms with E-state index < -0.39 is 5.97 Å². The molecule has 150 valence electrons. The number of halogens is 1. The average molecular weight is 394 g/mol. The fraction of sp³-hybridized carbons (Fsp3) is 0.304. The smallest absolute Gasteiger partial charge is 0.307 e. The van der Waals surface area contributed by atoms with E-state index >= 15 is 0 Å². The molecule has 0 radical (unpaired) electrons. The number of rotatable bonds is 5. The van der Waals surface area contributed by atoms with Crippen molar-refractivity contribution in [3.05, 3.63) is 71.2 Å². The van der Waals surface area contributed by atoms with Gasteiger partial charge in [-0.05, 0) is 42.2 Å². The molecule has 5 nitrogen and oxygen atoms in total. The van der Waals surface area contributed by atoms with Crippen molar-refractivity contribution in [2.24, 2.45) is 0 Å². The minimum Gasteiger partial charge on any atom is -0.481 e. The highest BCUT2D eigenvalue weighted by molar-refractivity contribution is 5.89. The number of likely N-dealkylation sites (N-methyl/N-ethyl adjacent to an activating group) is 1. The highest BCUT2D eigenvalue weighted by atomic mass is 19.1. The maximum Gasteiger partial charge on any atom is 0.307 e. The third-order valence-electron chi connectivity index (χ3n) is 5.84. The van der Waals surface area contributed by atoms with Crippen LogP contribution in [0.3, 0.4) is 0 Å². The number of fused-ring (bicyclic) bond motifs is 3. The van der Waals surface area contributed by atoms with Crippen molar-refractivity contribution < 1.29 is 19.1 Å². The van der Waals surface area contributed by atoms with Crippen molar-refractivity contribution in [2.75, 3.05) is 7.05 Å². The standard InChI is InChI=1S/C23H23FN2O3/c1-25(22(27)12-15-6-8-16(24)9-7-15)17-10-11-21-19(13-23(28)29)18-4-2-3-5-20(18)26(21)14-17/h2-9,17H,10-14H2,1H3,(H,28,29)/t17-/m0/s1. The predicted octanol–water partition coefficient (Wildman–Crippen LogP) is 3.42. The molecule has 0 fully saturated rings. The lowest BCUT2D eigenvalue weighted by Crippen LogP contribution is -2.43. The van der Waals surface area contributed by atoms with Gasteiger partial charge in [-0.1, -0.05) is 30.3 Å². The van der Waals surface area contributed by atoms with E-state index in [-0.39, 0.29) is 30.6 Å². The van der Waals surface area contributed by atoms with Crippen LogP contribution in [0.25, 0.3) is 10.9 Å². The zero-order valence-electron chi connectivity index (χ0n) is 16.3. The first-order chi connectivity index (χ1) is 13.9. The van der Waals surface area contributed by atoms with Crippen molar-refractivity contribution in [2.45, 2.75) is 38.3 Å². The van der Waals surface area contributed by atoms with Gasteiger partial charge in [0.25, 0.3) is 0 Å². The molecule has 0 saturated carbocycles. The maximum absolute atomic E-state index is 13.1. The molecule has 0 bridgehead atoms. The molecule has 1 aliphatic rings. The van der Waals surface area contributed by atoms with Gasteiger partial charge in [-0.3, -0.25) is 9.59 Å². The van der Waals surface area contributed by atoms with E-state index in [0.717, 1.165) is 40.6 Å². The summed E-state index contributed by atoms with van der Waals surface area (Å²) in [7, 11) is 1.81. The number of para-hydroxylation sites is 1. The topological polar surface area (TPSA) is 62.5 Å². The second kappa shape index (κ2) is 7.70. The molecule has 29 heavy (non-hydrogen) atoms. The van der Waals surface area contributed by atoms with Gasteiger partial charge in [0.15, 0.2) is 0 Å². The zero-order valence-corrected chi connectivity index (χ0v) is 16.3. The summed E-state index contributed by atoms with van der Waals surface area (Å²) in [5.74, 6) is -1.16. The molecule has 3 aromatic rings. The van der Waals surface area contributed by atoms with Gasteiger partial charge in [-0.15, -0.1) is 0 Å². The Labute approximate surface area is 168 Å². The maximum atomic E-state index is 13.1. The normalized spacial score (nSPS) is 15.9. The molecule has 1 amide bonds.